The molecule has 0 aliphatic rings. The van der Waals surface area contributed by atoms with Crippen LogP contribution in [0.3, 0.4) is 0 Å². The Balaban J connectivity index is 4.72. The molecule has 14 heavy (non-hydrogen) atoms. The first-order chi connectivity index (χ1) is 5.88. The second-order valence-electron chi connectivity index (χ2n) is 1.75. The van der Waals surface area contributed by atoms with Crippen LogP contribution in [-0.2, 0) is 21.4 Å². The number of rotatable bonds is 2. The van der Waals surface area contributed by atoms with Crippen LogP contribution in [-0.4, -0.2) is 24.0 Å². The van der Waals surface area contributed by atoms with Gasteiger partial charge in [-0.25, -0.2) is 0 Å². The van der Waals surface area contributed by atoms with Crippen LogP contribution >= 0.6 is 0 Å². The van der Waals surface area contributed by atoms with E-state index < -0.39 is 32.4 Å². The van der Waals surface area contributed by atoms with E-state index in [1.807, 2.05) is 0 Å². The second kappa shape index (κ2) is 3.75. The lowest BCUT2D eigenvalue weighted by atomic mass is 11.6. The molecule has 4 nitrogen and oxygen atoms in total. The van der Waals surface area contributed by atoms with E-state index in [1.54, 1.807) is 0 Å². The summed E-state index contributed by atoms with van der Waals surface area (Å²) in [7, 11) is -6.25. The summed E-state index contributed by atoms with van der Waals surface area (Å²) in [6.07, 6.45) is 0. The molecule has 0 aliphatic heterocycles. The van der Waals surface area contributed by atoms with Crippen molar-refractivity contribution in [1.29, 1.82) is 0 Å². The monoisotopic (exact) mass is 265 g/mol. The van der Waals surface area contributed by atoms with Gasteiger partial charge in [0.15, 0.2) is 11.4 Å². The van der Waals surface area contributed by atoms with Crippen molar-refractivity contribution in [2.24, 2.45) is 0 Å². The largest absolute Gasteiger partial charge is 0.593 e. The van der Waals surface area contributed by atoms with Crippen molar-refractivity contribution in [3.8, 4) is 0 Å². The van der Waals surface area contributed by atoms with Gasteiger partial charge in [0.2, 0.25) is 0 Å². The molecule has 0 bridgehead atoms. The van der Waals surface area contributed by atoms with E-state index in [2.05, 4.69) is 0 Å². The first-order valence-corrected chi connectivity index (χ1v) is 5.08. The van der Waals surface area contributed by atoms with Crippen molar-refractivity contribution in [2.45, 2.75) is 11.0 Å². The van der Waals surface area contributed by atoms with E-state index in [1.165, 1.54) is 0 Å². The lowest BCUT2D eigenvalue weighted by molar-refractivity contribution is -0.0475. The summed E-state index contributed by atoms with van der Waals surface area (Å²) in [4.78, 5) is 0. The molecule has 86 valence electrons. The molecule has 0 rings (SSSR count). The molecule has 0 radical (unpaired) electrons. The van der Waals surface area contributed by atoms with E-state index in [0.717, 1.165) is 0 Å². The van der Waals surface area contributed by atoms with Crippen LogP contribution in [0.2, 0.25) is 0 Å². The lowest BCUT2D eigenvalue weighted by Crippen LogP contribution is -2.45. The Morgan fingerprint density at radius 2 is 1.43 bits per heavy atom. The number of nitrogens with one attached hydrogen (secondary N) is 1. The van der Waals surface area contributed by atoms with Gasteiger partial charge in [-0.3, -0.25) is 0 Å². The Bertz CT molecular complexity index is 291. The smallest absolute Gasteiger partial charge is 0.590 e. The van der Waals surface area contributed by atoms with Crippen LogP contribution in [0.1, 0.15) is 0 Å². The van der Waals surface area contributed by atoms with E-state index in [0.29, 0.717) is 0 Å². The van der Waals surface area contributed by atoms with E-state index in [-0.39, 0.29) is 4.13 Å². The van der Waals surface area contributed by atoms with Gasteiger partial charge in [0, 0.05) is 0 Å². The maximum Gasteiger partial charge on any atom is 0.593 e. The Hall–Kier alpha value is -0.200. The molecule has 1 atom stereocenters. The minimum atomic E-state index is -6.25. The number of sulfonamides is 1. The predicted octanol–water partition coefficient (Wildman–Crippen LogP) is 0.609. The average molecular weight is 265 g/mol. The van der Waals surface area contributed by atoms with Crippen molar-refractivity contribution in [3.05, 3.63) is 0 Å². The zero-order valence-electron chi connectivity index (χ0n) is 5.81. The van der Waals surface area contributed by atoms with Crippen molar-refractivity contribution < 1.29 is 39.3 Å². The summed E-state index contributed by atoms with van der Waals surface area (Å²) >= 11 is -4.31. The van der Waals surface area contributed by atoms with Crippen molar-refractivity contribution in [1.82, 2.24) is 4.13 Å². The third kappa shape index (κ3) is 3.51. The van der Waals surface area contributed by atoms with Crippen LogP contribution in [0, 0.1) is 0 Å². The fourth-order valence-electron chi connectivity index (χ4n) is 0.194. The highest BCUT2D eigenvalue weighted by Crippen LogP contribution is 2.27. The summed E-state index contributed by atoms with van der Waals surface area (Å²) in [5, 5.41) is 0. The van der Waals surface area contributed by atoms with Crippen LogP contribution in [0.15, 0.2) is 0 Å². The van der Waals surface area contributed by atoms with Crippen molar-refractivity contribution in [3.63, 3.8) is 0 Å². The maximum absolute atomic E-state index is 11.4. The summed E-state index contributed by atoms with van der Waals surface area (Å²) in [6, 6.07) is 0. The highest BCUT2D eigenvalue weighted by Gasteiger charge is 2.55. The second-order valence-corrected chi connectivity index (χ2v) is 4.88. The van der Waals surface area contributed by atoms with Crippen LogP contribution in [0.25, 0.3) is 0 Å². The Morgan fingerprint density at radius 1 is 1.07 bits per heavy atom. The molecular weight excluding hydrogens is 264 g/mol. The Labute approximate surface area is 76.6 Å². The molecule has 0 saturated carbocycles. The van der Waals surface area contributed by atoms with Crippen LogP contribution in [0.5, 0.6) is 0 Å². The first kappa shape index (κ1) is 13.8. The fraction of sp³-hybridized carbons (Fsp3) is 1.00. The molecule has 0 spiro atoms. The minimum absolute atomic E-state index is 0.0694. The Morgan fingerprint density at radius 3 is 1.64 bits per heavy atom. The summed E-state index contributed by atoms with van der Waals surface area (Å²) in [6.45, 7) is 0. The van der Waals surface area contributed by atoms with Gasteiger partial charge < -0.3 is 4.55 Å². The zero-order valence-corrected chi connectivity index (χ0v) is 7.44. The quantitative estimate of drug-likeness (QED) is 0.587. The van der Waals surface area contributed by atoms with Gasteiger partial charge in [-0.15, -0.1) is 13.2 Å². The summed E-state index contributed by atoms with van der Waals surface area (Å²) < 4.78 is 98.2. The molecule has 12 heteroatoms. The van der Waals surface area contributed by atoms with Crippen LogP contribution < -0.4 is 4.13 Å². The summed E-state index contributed by atoms with van der Waals surface area (Å²) in [5.74, 6) is 0. The Kier molecular flexibility index (Phi) is 3.70. The molecule has 0 aromatic carbocycles. The average Bonchev–Trinajstić information content (AvgIpc) is 1.80. The van der Waals surface area contributed by atoms with Gasteiger partial charge in [0.25, 0.3) is 0 Å². The van der Waals surface area contributed by atoms with Crippen molar-refractivity contribution in [2.75, 3.05) is 0 Å². The predicted molar refractivity (Wildman–Crippen MR) is 32.3 cm³/mol. The zero-order chi connectivity index (χ0) is 11.8. The fourth-order valence-corrected chi connectivity index (χ4v) is 1.75. The van der Waals surface area contributed by atoms with E-state index in [9.17, 15) is 39.3 Å². The third-order valence-electron chi connectivity index (χ3n) is 0.700. The van der Waals surface area contributed by atoms with Gasteiger partial charge in [0.1, 0.15) is 0 Å². The molecule has 0 heterocycles. The SMILES string of the molecule is O=S(=O)(N[S+]([O-])C(F)(F)F)C(F)(F)F. The molecular formula is C2HF6NO3S2. The standard InChI is InChI=1S/C2HF6NO3S2/c3-1(4,5)13(10)9-14(11,12)2(6,7)8/h9H. The third-order valence-corrected chi connectivity index (χ3v) is 3.21. The number of hydrogen-bond donors (Lipinski definition) is 1. The summed E-state index contributed by atoms with van der Waals surface area (Å²) in [5.41, 5.74) is -11.5. The van der Waals surface area contributed by atoms with Gasteiger partial charge in [-0.1, -0.05) is 0 Å². The van der Waals surface area contributed by atoms with Gasteiger partial charge in [-0.05, 0) is 4.13 Å². The molecule has 0 aliphatic carbocycles. The topological polar surface area (TPSA) is 69.2 Å². The van der Waals surface area contributed by atoms with Gasteiger partial charge in [0.05, 0.1) is 0 Å². The molecule has 1 unspecified atom stereocenters. The molecule has 0 aromatic rings. The van der Waals surface area contributed by atoms with Crippen molar-refractivity contribution >= 4 is 21.4 Å². The normalized spacial score (nSPS) is 16.8. The lowest BCUT2D eigenvalue weighted by Gasteiger charge is -2.13. The maximum atomic E-state index is 11.4. The molecule has 0 fully saturated rings. The van der Waals surface area contributed by atoms with E-state index >= 15 is 0 Å². The van der Waals surface area contributed by atoms with Gasteiger partial charge in [-0.2, -0.15) is 21.6 Å². The van der Waals surface area contributed by atoms with Crippen LogP contribution in [0.4, 0.5) is 26.3 Å². The van der Waals surface area contributed by atoms with E-state index in [4.69, 9.17) is 0 Å². The molecule has 1 N–H and O–H groups in total. The highest BCUT2D eigenvalue weighted by molar-refractivity contribution is 8.05. The number of alkyl halides is 6. The number of hydrogen-bond acceptors (Lipinski definition) is 3. The molecule has 0 amide bonds. The highest BCUT2D eigenvalue weighted by atomic mass is 32.3. The minimum Gasteiger partial charge on any atom is -0.590 e. The number of halogens is 6. The molecule has 0 saturated heterocycles. The first-order valence-electron chi connectivity index (χ1n) is 2.45. The van der Waals surface area contributed by atoms with Gasteiger partial charge >= 0.3 is 21.0 Å². The molecule has 0 aromatic heterocycles.